The number of hydrogen-bond donors (Lipinski definition) is 0. The third-order valence-corrected chi connectivity index (χ3v) is 2.65. The van der Waals surface area contributed by atoms with Crippen LogP contribution in [0.4, 0.5) is 4.39 Å². The van der Waals surface area contributed by atoms with E-state index in [0.29, 0.717) is 0 Å². The number of thiocarbonyl (C=S) groups is 1. The molecule has 0 fully saturated rings. The molecule has 0 heterocycles. The Hall–Kier alpha value is -1.47. The van der Waals surface area contributed by atoms with E-state index in [2.05, 4.69) is 0 Å². The van der Waals surface area contributed by atoms with Crippen molar-refractivity contribution >= 4 is 17.6 Å². The Kier molecular flexibility index (Phi) is 5.05. The minimum absolute atomic E-state index is 0.118. The molecule has 0 radical (unpaired) electrons. The molecule has 0 aliphatic rings. The fourth-order valence-electron chi connectivity index (χ4n) is 1.41. The Bertz CT molecular complexity index is 442. The molecule has 17 heavy (non-hydrogen) atoms. The van der Waals surface area contributed by atoms with Crippen molar-refractivity contribution in [2.45, 2.75) is 32.3 Å². The lowest BCUT2D eigenvalue weighted by Gasteiger charge is -2.13. The molecule has 0 aliphatic heterocycles. The van der Waals surface area contributed by atoms with Crippen LogP contribution < -0.4 is 4.74 Å². The molecular weight excluding hydrogens is 237 g/mol. The first-order chi connectivity index (χ1) is 8.08. The molecule has 4 heteroatoms. The molecule has 0 saturated carbocycles. The van der Waals surface area contributed by atoms with Crippen molar-refractivity contribution < 1.29 is 9.13 Å². The summed E-state index contributed by atoms with van der Waals surface area (Å²) >= 11 is 4.80. The lowest BCUT2D eigenvalue weighted by molar-refractivity contribution is 0.262. The molecule has 0 amide bonds. The molecule has 0 bridgehead atoms. The summed E-state index contributed by atoms with van der Waals surface area (Å²) in [7, 11) is 0. The summed E-state index contributed by atoms with van der Waals surface area (Å²) < 4.78 is 18.6. The molecule has 2 unspecified atom stereocenters. The summed E-state index contributed by atoms with van der Waals surface area (Å²) in [6.45, 7) is 3.58. The molecule has 0 spiro atoms. The second-order valence-corrected chi connectivity index (χ2v) is 4.22. The fraction of sp³-hybridized carbons (Fsp3) is 0.385. The highest BCUT2D eigenvalue weighted by molar-refractivity contribution is 7.78. The smallest absolute Gasteiger partial charge is 0.181 e. The molecule has 1 aromatic carbocycles. The third kappa shape index (κ3) is 3.79. The molecule has 90 valence electrons. The predicted octanol–water partition coefficient (Wildman–Crippen LogP) is 3.61. The SMILES string of the molecule is CC(C#N)Oc1cc(C(C)CC=S)ccc1F. The van der Waals surface area contributed by atoms with Crippen molar-refractivity contribution in [1.82, 2.24) is 0 Å². The van der Waals surface area contributed by atoms with Gasteiger partial charge in [-0.15, -0.1) is 0 Å². The van der Waals surface area contributed by atoms with Crippen LogP contribution in [0.25, 0.3) is 0 Å². The molecule has 1 aromatic rings. The van der Waals surface area contributed by atoms with Gasteiger partial charge in [0.05, 0.1) is 0 Å². The summed E-state index contributed by atoms with van der Waals surface area (Å²) in [5.41, 5.74) is 0.952. The molecule has 0 aliphatic carbocycles. The molecule has 2 nitrogen and oxygen atoms in total. The van der Waals surface area contributed by atoms with Crippen molar-refractivity contribution in [1.29, 1.82) is 5.26 Å². The van der Waals surface area contributed by atoms with Gasteiger partial charge in [-0.3, -0.25) is 0 Å². The number of hydrogen-bond acceptors (Lipinski definition) is 3. The van der Waals surface area contributed by atoms with E-state index in [1.807, 2.05) is 13.0 Å². The van der Waals surface area contributed by atoms with Crippen molar-refractivity contribution in [3.8, 4) is 11.8 Å². The number of halogens is 1. The Labute approximate surface area is 106 Å². The summed E-state index contributed by atoms with van der Waals surface area (Å²) in [4.78, 5) is 0. The van der Waals surface area contributed by atoms with Crippen LogP contribution in [0, 0.1) is 17.1 Å². The first-order valence-electron chi connectivity index (χ1n) is 5.37. The highest BCUT2D eigenvalue weighted by Gasteiger charge is 2.11. The van der Waals surface area contributed by atoms with E-state index in [9.17, 15) is 4.39 Å². The highest BCUT2D eigenvalue weighted by atomic mass is 32.1. The van der Waals surface area contributed by atoms with Gasteiger partial charge in [0.15, 0.2) is 17.7 Å². The van der Waals surface area contributed by atoms with Crippen LogP contribution in [0.15, 0.2) is 18.2 Å². The normalized spacial score (nSPS) is 13.5. The molecule has 2 atom stereocenters. The van der Waals surface area contributed by atoms with Gasteiger partial charge in [0, 0.05) is 0 Å². The number of nitriles is 1. The topological polar surface area (TPSA) is 33.0 Å². The first-order valence-corrected chi connectivity index (χ1v) is 5.85. The highest BCUT2D eigenvalue weighted by Crippen LogP contribution is 2.26. The maximum absolute atomic E-state index is 13.5. The van der Waals surface area contributed by atoms with Gasteiger partial charge < -0.3 is 4.74 Å². The van der Waals surface area contributed by atoms with Crippen LogP contribution in [-0.4, -0.2) is 11.5 Å². The van der Waals surface area contributed by atoms with Gasteiger partial charge in [0.2, 0.25) is 0 Å². The minimum atomic E-state index is -0.666. The Morgan fingerprint density at radius 3 is 2.82 bits per heavy atom. The summed E-state index contributed by atoms with van der Waals surface area (Å²) in [5.74, 6) is -0.119. The van der Waals surface area contributed by atoms with E-state index < -0.39 is 11.9 Å². The van der Waals surface area contributed by atoms with Gasteiger partial charge in [-0.1, -0.05) is 25.2 Å². The summed E-state index contributed by atoms with van der Waals surface area (Å²) in [5, 5.41) is 10.3. The van der Waals surface area contributed by atoms with Crippen molar-refractivity contribution in [2.75, 3.05) is 0 Å². The lowest BCUT2D eigenvalue weighted by atomic mass is 9.98. The molecule has 0 saturated heterocycles. The number of ether oxygens (including phenoxy) is 1. The zero-order valence-corrected chi connectivity index (χ0v) is 10.6. The van der Waals surface area contributed by atoms with Gasteiger partial charge in [-0.25, -0.2) is 4.39 Å². The van der Waals surface area contributed by atoms with Crippen LogP contribution in [0.2, 0.25) is 0 Å². The van der Waals surface area contributed by atoms with Crippen molar-refractivity contribution in [2.24, 2.45) is 0 Å². The van der Waals surface area contributed by atoms with Crippen LogP contribution >= 0.6 is 12.2 Å². The standard InChI is InChI=1S/C13H14FNOS/c1-9(5-6-17)11-3-4-12(14)13(7-11)16-10(2)8-15/h3-4,6-7,9-10H,5H2,1-2H3. The Balaban J connectivity index is 2.94. The van der Waals surface area contributed by atoms with E-state index in [1.54, 1.807) is 24.4 Å². The van der Waals surface area contributed by atoms with Crippen LogP contribution in [-0.2, 0) is 0 Å². The Morgan fingerprint density at radius 1 is 1.53 bits per heavy atom. The fourth-order valence-corrected chi connectivity index (χ4v) is 1.70. The Morgan fingerprint density at radius 2 is 2.24 bits per heavy atom. The third-order valence-electron chi connectivity index (χ3n) is 2.46. The second kappa shape index (κ2) is 6.31. The van der Waals surface area contributed by atoms with E-state index in [-0.39, 0.29) is 11.7 Å². The van der Waals surface area contributed by atoms with Crippen molar-refractivity contribution in [3.05, 3.63) is 29.6 Å². The van der Waals surface area contributed by atoms with E-state index in [4.69, 9.17) is 22.2 Å². The molecule has 1 rings (SSSR count). The molecule has 0 N–H and O–H groups in total. The van der Waals surface area contributed by atoms with Gasteiger partial charge in [0.25, 0.3) is 0 Å². The van der Waals surface area contributed by atoms with Gasteiger partial charge >= 0.3 is 0 Å². The molecule has 0 aromatic heterocycles. The maximum atomic E-state index is 13.5. The number of benzene rings is 1. The van der Waals surface area contributed by atoms with Crippen molar-refractivity contribution in [3.63, 3.8) is 0 Å². The first kappa shape index (κ1) is 13.6. The summed E-state index contributed by atoms with van der Waals surface area (Å²) in [6, 6.07) is 6.60. The number of rotatable bonds is 5. The quantitative estimate of drug-likeness (QED) is 0.749. The lowest BCUT2D eigenvalue weighted by Crippen LogP contribution is -2.10. The van der Waals surface area contributed by atoms with Gasteiger partial charge in [0.1, 0.15) is 6.07 Å². The predicted molar refractivity (Wildman–Crippen MR) is 68.8 cm³/mol. The largest absolute Gasteiger partial charge is 0.473 e. The zero-order chi connectivity index (χ0) is 12.8. The zero-order valence-electron chi connectivity index (χ0n) is 9.81. The minimum Gasteiger partial charge on any atom is -0.473 e. The average Bonchev–Trinajstić information content (AvgIpc) is 2.32. The van der Waals surface area contributed by atoms with Crippen LogP contribution in [0.1, 0.15) is 31.7 Å². The van der Waals surface area contributed by atoms with Crippen LogP contribution in [0.3, 0.4) is 0 Å². The van der Waals surface area contributed by atoms with E-state index >= 15 is 0 Å². The van der Waals surface area contributed by atoms with E-state index in [0.717, 1.165) is 12.0 Å². The second-order valence-electron chi connectivity index (χ2n) is 3.88. The van der Waals surface area contributed by atoms with Gasteiger partial charge in [-0.05, 0) is 42.3 Å². The summed E-state index contributed by atoms with van der Waals surface area (Å²) in [6.07, 6.45) is 0.0781. The van der Waals surface area contributed by atoms with E-state index in [1.165, 1.54) is 6.07 Å². The maximum Gasteiger partial charge on any atom is 0.181 e. The average molecular weight is 251 g/mol. The van der Waals surface area contributed by atoms with Crippen LogP contribution in [0.5, 0.6) is 5.75 Å². The van der Waals surface area contributed by atoms with Gasteiger partial charge in [-0.2, -0.15) is 5.26 Å². The monoisotopic (exact) mass is 251 g/mol. The number of nitrogens with zero attached hydrogens (tertiary/aromatic N) is 1. The molecular formula is C13H14FNOS.